The van der Waals surface area contributed by atoms with Crippen LogP contribution in [0.2, 0.25) is 0 Å². The van der Waals surface area contributed by atoms with Crippen LogP contribution < -0.4 is 16.2 Å². The average Bonchev–Trinajstić information content (AvgIpc) is 2.37. The summed E-state index contributed by atoms with van der Waals surface area (Å²) in [5, 5.41) is 2.34. The third-order valence-electron chi connectivity index (χ3n) is 2.98. The maximum absolute atomic E-state index is 6.05. The molecule has 90 valence electrons. The number of hydrogen-bond donors (Lipinski definition) is 2. The van der Waals surface area contributed by atoms with E-state index in [9.17, 15) is 0 Å². The SMILES string of the molecule is COc1ccc2cc([C@H](N)CCN)ccc2c1. The highest BCUT2D eigenvalue weighted by molar-refractivity contribution is 5.84. The van der Waals surface area contributed by atoms with Crippen molar-refractivity contribution in [1.29, 1.82) is 0 Å². The molecule has 0 saturated carbocycles. The molecule has 2 aromatic rings. The zero-order valence-electron chi connectivity index (χ0n) is 10.0. The third kappa shape index (κ3) is 2.57. The highest BCUT2D eigenvalue weighted by Gasteiger charge is 2.05. The van der Waals surface area contributed by atoms with Crippen molar-refractivity contribution in [2.75, 3.05) is 13.7 Å². The van der Waals surface area contributed by atoms with Gasteiger partial charge in [0.05, 0.1) is 7.11 Å². The largest absolute Gasteiger partial charge is 0.497 e. The number of benzene rings is 2. The van der Waals surface area contributed by atoms with Crippen LogP contribution in [0.3, 0.4) is 0 Å². The fourth-order valence-electron chi connectivity index (χ4n) is 1.95. The Morgan fingerprint density at radius 1 is 1.12 bits per heavy atom. The van der Waals surface area contributed by atoms with Gasteiger partial charge in [-0.1, -0.05) is 18.2 Å². The van der Waals surface area contributed by atoms with Crippen LogP contribution in [0.4, 0.5) is 0 Å². The minimum Gasteiger partial charge on any atom is -0.497 e. The van der Waals surface area contributed by atoms with Crippen LogP contribution in [-0.2, 0) is 0 Å². The summed E-state index contributed by atoms with van der Waals surface area (Å²) in [4.78, 5) is 0. The molecule has 2 rings (SSSR count). The summed E-state index contributed by atoms with van der Waals surface area (Å²) in [5.74, 6) is 0.872. The number of hydrogen-bond acceptors (Lipinski definition) is 3. The van der Waals surface area contributed by atoms with Gasteiger partial charge < -0.3 is 16.2 Å². The van der Waals surface area contributed by atoms with Crippen molar-refractivity contribution >= 4 is 10.8 Å². The van der Waals surface area contributed by atoms with Gasteiger partial charge in [-0.2, -0.15) is 0 Å². The van der Waals surface area contributed by atoms with E-state index in [4.69, 9.17) is 16.2 Å². The van der Waals surface area contributed by atoms with Crippen LogP contribution in [0.1, 0.15) is 18.0 Å². The van der Waals surface area contributed by atoms with E-state index in [1.165, 1.54) is 5.39 Å². The minimum atomic E-state index is 0.0199. The Bertz CT molecular complexity index is 511. The van der Waals surface area contributed by atoms with E-state index < -0.39 is 0 Å². The van der Waals surface area contributed by atoms with Crippen molar-refractivity contribution in [3.63, 3.8) is 0 Å². The summed E-state index contributed by atoms with van der Waals surface area (Å²) in [7, 11) is 1.67. The van der Waals surface area contributed by atoms with Crippen molar-refractivity contribution in [3.8, 4) is 5.75 Å². The predicted molar refractivity (Wildman–Crippen MR) is 71.1 cm³/mol. The Morgan fingerprint density at radius 3 is 2.53 bits per heavy atom. The molecule has 0 radical (unpaired) electrons. The van der Waals surface area contributed by atoms with Crippen molar-refractivity contribution in [2.24, 2.45) is 11.5 Å². The molecule has 3 nitrogen and oxygen atoms in total. The lowest BCUT2D eigenvalue weighted by atomic mass is 10.0. The fourth-order valence-corrected chi connectivity index (χ4v) is 1.95. The van der Waals surface area contributed by atoms with Gasteiger partial charge >= 0.3 is 0 Å². The quantitative estimate of drug-likeness (QED) is 0.846. The first kappa shape index (κ1) is 11.9. The van der Waals surface area contributed by atoms with Gasteiger partial charge in [-0.15, -0.1) is 0 Å². The zero-order chi connectivity index (χ0) is 12.3. The highest BCUT2D eigenvalue weighted by atomic mass is 16.5. The molecular formula is C14H18N2O. The molecule has 0 amide bonds. The Morgan fingerprint density at radius 2 is 1.82 bits per heavy atom. The predicted octanol–water partition coefficient (Wildman–Crippen LogP) is 2.20. The van der Waals surface area contributed by atoms with Gasteiger partial charge in [0.25, 0.3) is 0 Å². The zero-order valence-corrected chi connectivity index (χ0v) is 10.0. The molecule has 0 spiro atoms. The normalized spacial score (nSPS) is 12.6. The maximum atomic E-state index is 6.05. The molecule has 0 aliphatic heterocycles. The standard InChI is InChI=1S/C14H18N2O/c1-17-13-5-4-10-8-12(14(16)6-7-15)3-2-11(10)9-13/h2-5,8-9,14H,6-7,15-16H2,1H3/t14-/m1/s1. The first-order valence-corrected chi connectivity index (χ1v) is 5.78. The molecule has 0 saturated heterocycles. The first-order chi connectivity index (χ1) is 8.24. The summed E-state index contributed by atoms with van der Waals surface area (Å²) < 4.78 is 5.20. The molecule has 0 fully saturated rings. The Kier molecular flexibility index (Phi) is 3.61. The van der Waals surface area contributed by atoms with Crippen LogP contribution in [0.5, 0.6) is 5.75 Å². The average molecular weight is 230 g/mol. The van der Waals surface area contributed by atoms with Gasteiger partial charge in [0.15, 0.2) is 0 Å². The van der Waals surface area contributed by atoms with Gasteiger partial charge in [0, 0.05) is 6.04 Å². The van der Waals surface area contributed by atoms with E-state index in [0.29, 0.717) is 6.54 Å². The molecule has 0 unspecified atom stereocenters. The van der Waals surface area contributed by atoms with Gasteiger partial charge in [0.2, 0.25) is 0 Å². The van der Waals surface area contributed by atoms with E-state index in [1.54, 1.807) is 7.11 Å². The highest BCUT2D eigenvalue weighted by Crippen LogP contribution is 2.24. The Balaban J connectivity index is 2.37. The van der Waals surface area contributed by atoms with Gasteiger partial charge in [-0.3, -0.25) is 0 Å². The smallest absolute Gasteiger partial charge is 0.119 e. The van der Waals surface area contributed by atoms with Crippen molar-refractivity contribution in [3.05, 3.63) is 42.0 Å². The van der Waals surface area contributed by atoms with E-state index in [2.05, 4.69) is 18.2 Å². The van der Waals surface area contributed by atoms with Crippen molar-refractivity contribution in [1.82, 2.24) is 0 Å². The van der Waals surface area contributed by atoms with E-state index in [1.807, 2.05) is 18.2 Å². The number of nitrogens with two attached hydrogens (primary N) is 2. The topological polar surface area (TPSA) is 61.3 Å². The van der Waals surface area contributed by atoms with Gasteiger partial charge in [0.1, 0.15) is 5.75 Å². The van der Waals surface area contributed by atoms with Crippen LogP contribution in [0.15, 0.2) is 36.4 Å². The molecule has 1 atom stereocenters. The monoisotopic (exact) mass is 230 g/mol. The van der Waals surface area contributed by atoms with Gasteiger partial charge in [-0.25, -0.2) is 0 Å². The van der Waals surface area contributed by atoms with E-state index in [-0.39, 0.29) is 6.04 Å². The molecule has 4 N–H and O–H groups in total. The summed E-state index contributed by atoms with van der Waals surface area (Å²) in [6, 6.07) is 12.3. The van der Waals surface area contributed by atoms with E-state index >= 15 is 0 Å². The number of ether oxygens (including phenoxy) is 1. The Labute approximate surface area is 101 Å². The molecule has 0 aromatic heterocycles. The van der Waals surface area contributed by atoms with Crippen LogP contribution in [0, 0.1) is 0 Å². The third-order valence-corrected chi connectivity index (χ3v) is 2.98. The minimum absolute atomic E-state index is 0.0199. The fraction of sp³-hybridized carbons (Fsp3) is 0.286. The summed E-state index contributed by atoms with van der Waals surface area (Å²) >= 11 is 0. The molecule has 0 aliphatic carbocycles. The lowest BCUT2D eigenvalue weighted by molar-refractivity contribution is 0.415. The number of methoxy groups -OCH3 is 1. The molecule has 3 heteroatoms. The lowest BCUT2D eigenvalue weighted by Gasteiger charge is -2.12. The second-order valence-corrected chi connectivity index (χ2v) is 4.16. The molecule has 2 aromatic carbocycles. The van der Waals surface area contributed by atoms with Crippen LogP contribution >= 0.6 is 0 Å². The van der Waals surface area contributed by atoms with Crippen LogP contribution in [-0.4, -0.2) is 13.7 Å². The summed E-state index contributed by atoms with van der Waals surface area (Å²) in [6.07, 6.45) is 0.807. The number of rotatable bonds is 4. The molecular weight excluding hydrogens is 212 g/mol. The first-order valence-electron chi connectivity index (χ1n) is 5.78. The maximum Gasteiger partial charge on any atom is 0.119 e. The molecule has 17 heavy (non-hydrogen) atoms. The molecule has 0 bridgehead atoms. The van der Waals surface area contributed by atoms with Crippen molar-refractivity contribution < 1.29 is 4.74 Å². The molecule has 0 aliphatic rings. The van der Waals surface area contributed by atoms with Gasteiger partial charge in [-0.05, 0) is 47.5 Å². The lowest BCUT2D eigenvalue weighted by Crippen LogP contribution is -2.15. The van der Waals surface area contributed by atoms with Crippen molar-refractivity contribution in [2.45, 2.75) is 12.5 Å². The summed E-state index contributed by atoms with van der Waals surface area (Å²) in [5.41, 5.74) is 12.7. The van der Waals surface area contributed by atoms with Crippen LogP contribution in [0.25, 0.3) is 10.8 Å². The Hall–Kier alpha value is -1.58. The number of fused-ring (bicyclic) bond motifs is 1. The summed E-state index contributed by atoms with van der Waals surface area (Å²) in [6.45, 7) is 0.613. The molecule has 0 heterocycles. The van der Waals surface area contributed by atoms with E-state index in [0.717, 1.165) is 23.1 Å². The second kappa shape index (κ2) is 5.17. The second-order valence-electron chi connectivity index (χ2n) is 4.16.